The number of hydrogen-bond donors (Lipinski definition) is 0. The molecule has 1 spiro atoms. The fourth-order valence-electron chi connectivity index (χ4n) is 6.24. The molecule has 2 heterocycles. The fraction of sp³-hybridized carbons (Fsp3) is 0.960. The molecule has 0 aromatic heterocycles. The molecule has 3 fully saturated rings. The quantitative estimate of drug-likeness (QED) is 0.554. The molecule has 1 aliphatic carbocycles. The Morgan fingerprint density at radius 2 is 1.66 bits per heavy atom. The lowest BCUT2D eigenvalue weighted by Gasteiger charge is -2.55. The van der Waals surface area contributed by atoms with E-state index in [2.05, 4.69) is 18.7 Å². The number of ether oxygens (including phenoxy) is 1. The molecule has 29 heavy (non-hydrogen) atoms. The van der Waals surface area contributed by atoms with Crippen LogP contribution < -0.4 is 0 Å². The van der Waals surface area contributed by atoms with Crippen LogP contribution in [0.2, 0.25) is 0 Å². The molecular formula is C25H46N2O2. The zero-order valence-electron chi connectivity index (χ0n) is 19.9. The highest BCUT2D eigenvalue weighted by atomic mass is 16.6. The molecule has 1 amide bonds. The minimum Gasteiger partial charge on any atom is -0.444 e. The second kappa shape index (κ2) is 9.16. The average Bonchev–Trinajstić information content (AvgIpc) is 2.67. The van der Waals surface area contributed by atoms with Crippen LogP contribution in [-0.2, 0) is 4.74 Å². The first-order chi connectivity index (χ1) is 13.7. The third kappa shape index (κ3) is 5.48. The molecule has 0 aromatic carbocycles. The Labute approximate surface area is 179 Å². The molecule has 168 valence electrons. The molecule has 0 N–H and O–H groups in total. The molecule has 0 aromatic rings. The van der Waals surface area contributed by atoms with Crippen molar-refractivity contribution in [2.75, 3.05) is 26.2 Å². The summed E-state index contributed by atoms with van der Waals surface area (Å²) < 4.78 is 5.58. The number of nitrogens with zero attached hydrogens (tertiary/aromatic N) is 2. The maximum absolute atomic E-state index is 12.4. The maximum atomic E-state index is 12.4. The first-order valence-corrected chi connectivity index (χ1v) is 12.4. The largest absolute Gasteiger partial charge is 0.444 e. The van der Waals surface area contributed by atoms with E-state index in [9.17, 15) is 4.79 Å². The number of amides is 1. The van der Waals surface area contributed by atoms with Crippen LogP contribution in [0.15, 0.2) is 0 Å². The van der Waals surface area contributed by atoms with Crippen molar-refractivity contribution in [2.24, 2.45) is 11.3 Å². The van der Waals surface area contributed by atoms with E-state index in [1.807, 2.05) is 25.7 Å². The Kier molecular flexibility index (Phi) is 7.23. The summed E-state index contributed by atoms with van der Waals surface area (Å²) in [6, 6.07) is 0. The minimum atomic E-state index is -0.409. The highest BCUT2D eigenvalue weighted by Crippen LogP contribution is 2.51. The summed E-state index contributed by atoms with van der Waals surface area (Å²) in [5, 5.41) is 0. The van der Waals surface area contributed by atoms with E-state index in [1.165, 1.54) is 70.9 Å². The van der Waals surface area contributed by atoms with Crippen LogP contribution in [0.4, 0.5) is 4.79 Å². The Balaban J connectivity index is 1.53. The minimum absolute atomic E-state index is 0.141. The molecule has 1 saturated carbocycles. The summed E-state index contributed by atoms with van der Waals surface area (Å²) in [7, 11) is 0. The second-order valence-electron chi connectivity index (χ2n) is 11.4. The molecule has 2 aliphatic heterocycles. The first-order valence-electron chi connectivity index (χ1n) is 12.4. The molecule has 0 bridgehead atoms. The van der Waals surface area contributed by atoms with Crippen molar-refractivity contribution in [3.63, 3.8) is 0 Å². The van der Waals surface area contributed by atoms with Gasteiger partial charge in [-0.15, -0.1) is 0 Å². The normalized spacial score (nSPS) is 27.8. The zero-order valence-corrected chi connectivity index (χ0v) is 19.9. The molecule has 2 saturated heterocycles. The molecule has 1 atom stereocenters. The number of rotatable bonds is 4. The van der Waals surface area contributed by atoms with E-state index in [1.54, 1.807) is 0 Å². The Bertz CT molecular complexity index is 538. The van der Waals surface area contributed by atoms with Gasteiger partial charge >= 0.3 is 6.09 Å². The summed E-state index contributed by atoms with van der Waals surface area (Å²) >= 11 is 0. The third-order valence-corrected chi connectivity index (χ3v) is 8.26. The second-order valence-corrected chi connectivity index (χ2v) is 11.4. The van der Waals surface area contributed by atoms with E-state index < -0.39 is 5.60 Å². The number of piperidine rings is 2. The van der Waals surface area contributed by atoms with Crippen molar-refractivity contribution in [1.82, 2.24) is 9.80 Å². The van der Waals surface area contributed by atoms with Gasteiger partial charge in [-0.2, -0.15) is 0 Å². The predicted octanol–water partition coefficient (Wildman–Crippen LogP) is 6.24. The van der Waals surface area contributed by atoms with E-state index in [4.69, 9.17) is 4.74 Å². The van der Waals surface area contributed by atoms with Gasteiger partial charge in [0.05, 0.1) is 0 Å². The van der Waals surface area contributed by atoms with Gasteiger partial charge in [0.2, 0.25) is 0 Å². The van der Waals surface area contributed by atoms with Crippen molar-refractivity contribution in [3.05, 3.63) is 0 Å². The Morgan fingerprint density at radius 3 is 2.24 bits per heavy atom. The van der Waals surface area contributed by atoms with Gasteiger partial charge in [-0.3, -0.25) is 4.90 Å². The molecule has 3 rings (SSSR count). The van der Waals surface area contributed by atoms with Crippen LogP contribution in [0.1, 0.15) is 105 Å². The van der Waals surface area contributed by atoms with Gasteiger partial charge in [-0.1, -0.05) is 32.6 Å². The standard InChI is InChI=1S/C25H46N2O2/c1-6-7-10-21-11-8-9-12-25(21)15-19-27(20-16-25)24(5)13-17-26(18-14-24)22(28)29-23(2,3)4/h21H,6-20H2,1-5H3. The summed E-state index contributed by atoms with van der Waals surface area (Å²) in [5.74, 6) is 0.972. The van der Waals surface area contributed by atoms with E-state index in [-0.39, 0.29) is 11.6 Å². The van der Waals surface area contributed by atoms with Crippen molar-refractivity contribution < 1.29 is 9.53 Å². The third-order valence-electron chi connectivity index (χ3n) is 8.26. The molecular weight excluding hydrogens is 360 g/mol. The Morgan fingerprint density at radius 1 is 1.00 bits per heavy atom. The van der Waals surface area contributed by atoms with Crippen LogP contribution in [0, 0.1) is 11.3 Å². The summed E-state index contributed by atoms with van der Waals surface area (Å²) in [6.45, 7) is 14.8. The first kappa shape index (κ1) is 22.9. The number of carbonyl (C=O) groups excluding carboxylic acids is 1. The van der Waals surface area contributed by atoms with Crippen molar-refractivity contribution >= 4 is 6.09 Å². The fourth-order valence-corrected chi connectivity index (χ4v) is 6.24. The highest BCUT2D eigenvalue weighted by Gasteiger charge is 2.46. The van der Waals surface area contributed by atoms with Gasteiger partial charge < -0.3 is 9.64 Å². The zero-order chi connectivity index (χ0) is 21.1. The number of unbranched alkanes of at least 4 members (excludes halogenated alkanes) is 1. The van der Waals surface area contributed by atoms with Crippen molar-refractivity contribution in [1.29, 1.82) is 0 Å². The molecule has 1 unspecified atom stereocenters. The number of carbonyl (C=O) groups is 1. The number of likely N-dealkylation sites (tertiary alicyclic amines) is 2. The van der Waals surface area contributed by atoms with Gasteiger partial charge in [-0.25, -0.2) is 4.79 Å². The summed E-state index contributed by atoms with van der Waals surface area (Å²) in [5.41, 5.74) is 0.471. The molecule has 4 nitrogen and oxygen atoms in total. The van der Waals surface area contributed by atoms with Gasteiger partial charge in [0.1, 0.15) is 5.60 Å². The lowest BCUT2D eigenvalue weighted by atomic mass is 9.60. The van der Waals surface area contributed by atoms with Crippen LogP contribution in [0.5, 0.6) is 0 Å². The topological polar surface area (TPSA) is 32.8 Å². The van der Waals surface area contributed by atoms with Gasteiger partial charge in [0.25, 0.3) is 0 Å². The summed E-state index contributed by atoms with van der Waals surface area (Å²) in [6.07, 6.45) is 14.8. The monoisotopic (exact) mass is 406 g/mol. The van der Waals surface area contributed by atoms with Crippen LogP contribution >= 0.6 is 0 Å². The van der Waals surface area contributed by atoms with Crippen LogP contribution in [0.25, 0.3) is 0 Å². The lowest BCUT2D eigenvalue weighted by Crippen LogP contribution is -2.58. The van der Waals surface area contributed by atoms with E-state index in [0.717, 1.165) is 31.8 Å². The van der Waals surface area contributed by atoms with Crippen molar-refractivity contribution in [3.8, 4) is 0 Å². The van der Waals surface area contributed by atoms with Crippen LogP contribution in [-0.4, -0.2) is 53.2 Å². The van der Waals surface area contributed by atoms with E-state index in [0.29, 0.717) is 5.41 Å². The lowest BCUT2D eigenvalue weighted by molar-refractivity contribution is -0.0479. The highest BCUT2D eigenvalue weighted by molar-refractivity contribution is 5.68. The Hall–Kier alpha value is -0.770. The van der Waals surface area contributed by atoms with Crippen molar-refractivity contribution in [2.45, 2.75) is 116 Å². The van der Waals surface area contributed by atoms with Gasteiger partial charge in [0.15, 0.2) is 0 Å². The number of hydrogen-bond acceptors (Lipinski definition) is 3. The molecule has 0 radical (unpaired) electrons. The predicted molar refractivity (Wildman–Crippen MR) is 120 cm³/mol. The molecule has 3 aliphatic rings. The van der Waals surface area contributed by atoms with Gasteiger partial charge in [0, 0.05) is 18.6 Å². The summed E-state index contributed by atoms with van der Waals surface area (Å²) in [4.78, 5) is 17.1. The van der Waals surface area contributed by atoms with Crippen LogP contribution in [0.3, 0.4) is 0 Å². The average molecular weight is 407 g/mol. The van der Waals surface area contributed by atoms with E-state index >= 15 is 0 Å². The smallest absolute Gasteiger partial charge is 0.410 e. The molecule has 4 heteroatoms. The maximum Gasteiger partial charge on any atom is 0.410 e. The van der Waals surface area contributed by atoms with Gasteiger partial charge in [-0.05, 0) is 97.1 Å². The SMILES string of the molecule is CCCCC1CCCCC12CCN(C1(C)CCN(C(=O)OC(C)(C)C)CC1)CC2.